The zero-order valence-electron chi connectivity index (χ0n) is 14.3. The minimum absolute atomic E-state index is 0.0291. The van der Waals surface area contributed by atoms with E-state index >= 15 is 0 Å². The maximum Gasteiger partial charge on any atom is 0.243 e. The molecule has 0 spiro atoms. The predicted molar refractivity (Wildman–Crippen MR) is 91.2 cm³/mol. The van der Waals surface area contributed by atoms with Crippen LogP contribution < -0.4 is 10.6 Å². The number of ether oxygens (including phenoxy) is 1. The molecule has 0 saturated carbocycles. The number of carbonyl (C=O) groups excluding carboxylic acids is 1. The van der Waals surface area contributed by atoms with Gasteiger partial charge in [-0.15, -0.1) is 5.10 Å². The Labute approximate surface area is 145 Å². The lowest BCUT2D eigenvalue weighted by molar-refractivity contribution is -0.123. The Morgan fingerprint density at radius 2 is 2.40 bits per heavy atom. The normalized spacial score (nSPS) is 19.4. The standard InChI is InChI=1S/C16H22N6O3/c1-11-8-15(25-21-11)19-16(23)12(2)22-6-7-24-13(10-22)9-17-14-4-3-5-18-20-14/h3-5,8,12-13H,6-7,9-10H2,1-2H3,(H,17,20)(H,19,23)/t12-,13-/m0/s1. The zero-order chi connectivity index (χ0) is 17.6. The Morgan fingerprint density at radius 3 is 3.12 bits per heavy atom. The molecular formula is C16H22N6O3. The summed E-state index contributed by atoms with van der Waals surface area (Å²) in [6.45, 7) is 6.20. The van der Waals surface area contributed by atoms with Crippen LogP contribution in [0.25, 0.3) is 0 Å². The molecule has 0 unspecified atom stereocenters. The Morgan fingerprint density at radius 1 is 1.52 bits per heavy atom. The van der Waals surface area contributed by atoms with Gasteiger partial charge in [-0.25, -0.2) is 0 Å². The molecule has 1 aliphatic heterocycles. The topological polar surface area (TPSA) is 105 Å². The van der Waals surface area contributed by atoms with Gasteiger partial charge in [0.2, 0.25) is 11.8 Å². The second-order valence-electron chi connectivity index (χ2n) is 5.98. The van der Waals surface area contributed by atoms with Crippen molar-refractivity contribution < 1.29 is 14.1 Å². The van der Waals surface area contributed by atoms with Crippen LogP contribution in [0.2, 0.25) is 0 Å². The quantitative estimate of drug-likeness (QED) is 0.795. The molecule has 134 valence electrons. The van der Waals surface area contributed by atoms with Gasteiger partial charge in [-0.2, -0.15) is 5.10 Å². The summed E-state index contributed by atoms with van der Waals surface area (Å²) < 4.78 is 10.8. The summed E-state index contributed by atoms with van der Waals surface area (Å²) in [6.07, 6.45) is 1.60. The van der Waals surface area contributed by atoms with Crippen molar-refractivity contribution in [3.05, 3.63) is 30.1 Å². The summed E-state index contributed by atoms with van der Waals surface area (Å²) in [6, 6.07) is 5.06. The average Bonchev–Trinajstić information content (AvgIpc) is 3.05. The van der Waals surface area contributed by atoms with Crippen LogP contribution in [0.15, 0.2) is 28.9 Å². The van der Waals surface area contributed by atoms with Gasteiger partial charge in [-0.3, -0.25) is 15.0 Å². The van der Waals surface area contributed by atoms with Crippen molar-refractivity contribution >= 4 is 17.6 Å². The minimum Gasteiger partial charge on any atom is -0.374 e. The molecule has 1 saturated heterocycles. The van der Waals surface area contributed by atoms with E-state index < -0.39 is 0 Å². The molecule has 25 heavy (non-hydrogen) atoms. The number of amides is 1. The number of hydrogen-bond donors (Lipinski definition) is 2. The van der Waals surface area contributed by atoms with Crippen LogP contribution in [0.5, 0.6) is 0 Å². The fourth-order valence-corrected chi connectivity index (χ4v) is 2.65. The summed E-state index contributed by atoms with van der Waals surface area (Å²) in [5.41, 5.74) is 0.726. The molecule has 2 aromatic rings. The van der Waals surface area contributed by atoms with E-state index in [9.17, 15) is 4.79 Å². The van der Waals surface area contributed by atoms with Gasteiger partial charge < -0.3 is 14.6 Å². The minimum atomic E-state index is -0.298. The van der Waals surface area contributed by atoms with Crippen molar-refractivity contribution in [2.75, 3.05) is 36.9 Å². The first-order chi connectivity index (χ1) is 12.1. The van der Waals surface area contributed by atoms with E-state index in [0.717, 1.165) is 5.69 Å². The van der Waals surface area contributed by atoms with Crippen molar-refractivity contribution in [1.29, 1.82) is 0 Å². The third kappa shape index (κ3) is 4.74. The van der Waals surface area contributed by atoms with Gasteiger partial charge in [-0.05, 0) is 26.0 Å². The first-order valence-corrected chi connectivity index (χ1v) is 8.23. The van der Waals surface area contributed by atoms with Crippen LogP contribution in [0.4, 0.5) is 11.7 Å². The van der Waals surface area contributed by atoms with Gasteiger partial charge in [0, 0.05) is 31.9 Å². The number of aromatic nitrogens is 3. The largest absolute Gasteiger partial charge is 0.374 e. The molecule has 2 atom stereocenters. The number of nitrogens with zero attached hydrogens (tertiary/aromatic N) is 4. The van der Waals surface area contributed by atoms with Crippen LogP contribution in [-0.4, -0.2) is 64.5 Å². The van der Waals surface area contributed by atoms with Crippen LogP contribution >= 0.6 is 0 Å². The van der Waals surface area contributed by atoms with Crippen molar-refractivity contribution in [2.24, 2.45) is 0 Å². The molecular weight excluding hydrogens is 324 g/mol. The highest BCUT2D eigenvalue weighted by Gasteiger charge is 2.28. The second kappa shape index (κ2) is 8.04. The highest BCUT2D eigenvalue weighted by Crippen LogP contribution is 2.13. The van der Waals surface area contributed by atoms with E-state index in [1.807, 2.05) is 19.1 Å². The summed E-state index contributed by atoms with van der Waals surface area (Å²) in [5, 5.41) is 17.5. The van der Waals surface area contributed by atoms with Gasteiger partial charge in [0.25, 0.3) is 0 Å². The number of aryl methyl sites for hydroxylation is 1. The molecule has 1 amide bonds. The number of morpholine rings is 1. The van der Waals surface area contributed by atoms with Crippen molar-refractivity contribution in [2.45, 2.75) is 26.0 Å². The Balaban J connectivity index is 1.50. The molecule has 1 fully saturated rings. The van der Waals surface area contributed by atoms with E-state index in [-0.39, 0.29) is 18.1 Å². The van der Waals surface area contributed by atoms with Gasteiger partial charge in [-0.1, -0.05) is 5.16 Å². The second-order valence-corrected chi connectivity index (χ2v) is 5.98. The molecule has 2 aromatic heterocycles. The lowest BCUT2D eigenvalue weighted by atomic mass is 10.2. The SMILES string of the molecule is Cc1cc(NC(=O)[C@H](C)N2CCO[C@@H](CNc3cccnn3)C2)on1. The zero-order valence-corrected chi connectivity index (χ0v) is 14.3. The molecule has 2 N–H and O–H groups in total. The van der Waals surface area contributed by atoms with E-state index in [4.69, 9.17) is 9.26 Å². The highest BCUT2D eigenvalue weighted by atomic mass is 16.5. The monoisotopic (exact) mass is 346 g/mol. The van der Waals surface area contributed by atoms with E-state index in [1.54, 1.807) is 19.2 Å². The van der Waals surface area contributed by atoms with Crippen LogP contribution in [0, 0.1) is 6.92 Å². The number of carbonyl (C=O) groups is 1. The summed E-state index contributed by atoms with van der Waals surface area (Å²) in [7, 11) is 0. The number of rotatable bonds is 6. The lowest BCUT2D eigenvalue weighted by Gasteiger charge is -2.36. The first-order valence-electron chi connectivity index (χ1n) is 8.23. The van der Waals surface area contributed by atoms with Gasteiger partial charge in [0.1, 0.15) is 5.82 Å². The van der Waals surface area contributed by atoms with E-state index in [2.05, 4.69) is 30.9 Å². The third-order valence-electron chi connectivity index (χ3n) is 4.05. The third-order valence-corrected chi connectivity index (χ3v) is 4.05. The molecule has 3 rings (SSSR count). The number of nitrogens with one attached hydrogen (secondary N) is 2. The summed E-state index contributed by atoms with van der Waals surface area (Å²) >= 11 is 0. The lowest BCUT2D eigenvalue weighted by Crippen LogP contribution is -2.52. The molecule has 0 aromatic carbocycles. The molecule has 0 radical (unpaired) electrons. The number of hydrogen-bond acceptors (Lipinski definition) is 8. The maximum atomic E-state index is 12.4. The van der Waals surface area contributed by atoms with Crippen LogP contribution in [0.1, 0.15) is 12.6 Å². The van der Waals surface area contributed by atoms with Crippen LogP contribution in [0.3, 0.4) is 0 Å². The fraction of sp³-hybridized carbons (Fsp3) is 0.500. The molecule has 0 aliphatic carbocycles. The van der Waals surface area contributed by atoms with Gasteiger partial charge in [0.05, 0.1) is 24.4 Å². The van der Waals surface area contributed by atoms with E-state index in [1.165, 1.54) is 0 Å². The summed E-state index contributed by atoms with van der Waals surface area (Å²) in [5.74, 6) is 0.942. The molecule has 3 heterocycles. The van der Waals surface area contributed by atoms with Gasteiger partial charge >= 0.3 is 0 Å². The Kier molecular flexibility index (Phi) is 5.56. The van der Waals surface area contributed by atoms with Crippen molar-refractivity contribution in [3.8, 4) is 0 Å². The predicted octanol–water partition coefficient (Wildman–Crippen LogP) is 0.913. The first kappa shape index (κ1) is 17.3. The Hall–Kier alpha value is -2.52. The summed E-state index contributed by atoms with van der Waals surface area (Å²) in [4.78, 5) is 14.5. The molecule has 0 bridgehead atoms. The Bertz CT molecular complexity index is 692. The van der Waals surface area contributed by atoms with Crippen LogP contribution in [-0.2, 0) is 9.53 Å². The fourth-order valence-electron chi connectivity index (χ4n) is 2.65. The van der Waals surface area contributed by atoms with Gasteiger partial charge in [0.15, 0.2) is 0 Å². The van der Waals surface area contributed by atoms with Crippen molar-refractivity contribution in [1.82, 2.24) is 20.3 Å². The highest BCUT2D eigenvalue weighted by molar-refractivity contribution is 5.93. The molecule has 9 nitrogen and oxygen atoms in total. The smallest absolute Gasteiger partial charge is 0.243 e. The molecule has 9 heteroatoms. The van der Waals surface area contributed by atoms with Crippen molar-refractivity contribution in [3.63, 3.8) is 0 Å². The molecule has 1 aliphatic rings. The average molecular weight is 346 g/mol. The number of anilines is 2. The maximum absolute atomic E-state index is 12.4. The van der Waals surface area contributed by atoms with E-state index in [0.29, 0.717) is 37.9 Å².